The third-order valence-corrected chi connectivity index (χ3v) is 6.43. The molecule has 37 heavy (non-hydrogen) atoms. The Morgan fingerprint density at radius 2 is 1.65 bits per heavy atom. The summed E-state index contributed by atoms with van der Waals surface area (Å²) >= 11 is 0. The maximum absolute atomic E-state index is 13.5. The Labute approximate surface area is 214 Å². The Bertz CT molecular complexity index is 1560. The van der Waals surface area contributed by atoms with Gasteiger partial charge in [-0.05, 0) is 59.2 Å². The van der Waals surface area contributed by atoms with Crippen LogP contribution in [-0.4, -0.2) is 23.4 Å². The van der Waals surface area contributed by atoms with Gasteiger partial charge in [0.2, 0.25) is 0 Å². The predicted molar refractivity (Wildman–Crippen MR) is 142 cm³/mol. The van der Waals surface area contributed by atoms with E-state index in [2.05, 4.69) is 6.07 Å². The number of aliphatic hydroxyl groups is 1. The van der Waals surface area contributed by atoms with Gasteiger partial charge >= 0.3 is 0 Å². The first-order valence-corrected chi connectivity index (χ1v) is 12.1. The molecule has 1 aliphatic rings. The van der Waals surface area contributed by atoms with Crippen molar-refractivity contribution in [2.45, 2.75) is 19.4 Å². The molecule has 6 nitrogen and oxygen atoms in total. The van der Waals surface area contributed by atoms with Gasteiger partial charge in [-0.25, -0.2) is 0 Å². The van der Waals surface area contributed by atoms with E-state index in [1.807, 2.05) is 43.3 Å². The third-order valence-electron chi connectivity index (χ3n) is 6.43. The van der Waals surface area contributed by atoms with Gasteiger partial charge in [-0.15, -0.1) is 0 Å². The van der Waals surface area contributed by atoms with Crippen LogP contribution in [0.25, 0.3) is 16.5 Å². The highest BCUT2D eigenvalue weighted by Gasteiger charge is 2.47. The largest absolute Gasteiger partial charge is 0.507 e. The quantitative estimate of drug-likeness (QED) is 0.200. The number of carbonyl (C=O) groups excluding carboxylic acids is 2. The van der Waals surface area contributed by atoms with Crippen molar-refractivity contribution < 1.29 is 19.4 Å². The summed E-state index contributed by atoms with van der Waals surface area (Å²) in [5, 5.41) is 22.4. The van der Waals surface area contributed by atoms with Crippen molar-refractivity contribution >= 4 is 33.9 Å². The van der Waals surface area contributed by atoms with Crippen LogP contribution in [-0.2, 0) is 9.59 Å². The molecule has 1 atom stereocenters. The SMILES string of the molecule is CCCOc1ccc(C2/C(=C(/O)c3cccc4ccccc34)C(=O)C(=O)N2c2ccc(C#N)cc2)cc1. The fourth-order valence-corrected chi connectivity index (χ4v) is 4.65. The lowest BCUT2D eigenvalue weighted by atomic mass is 9.93. The van der Waals surface area contributed by atoms with Crippen LogP contribution in [0.4, 0.5) is 5.69 Å². The molecule has 0 aliphatic carbocycles. The highest BCUT2D eigenvalue weighted by atomic mass is 16.5. The number of benzene rings is 4. The second kappa shape index (κ2) is 10.00. The molecule has 0 radical (unpaired) electrons. The van der Waals surface area contributed by atoms with Gasteiger partial charge in [0.1, 0.15) is 11.5 Å². The first-order chi connectivity index (χ1) is 18.0. The van der Waals surface area contributed by atoms with Crippen LogP contribution in [0.2, 0.25) is 0 Å². The lowest BCUT2D eigenvalue weighted by Gasteiger charge is -2.25. The van der Waals surface area contributed by atoms with E-state index >= 15 is 0 Å². The minimum absolute atomic E-state index is 0.00735. The second-order valence-electron chi connectivity index (χ2n) is 8.77. The number of ether oxygens (including phenoxy) is 1. The Hall–Kier alpha value is -4.89. The lowest BCUT2D eigenvalue weighted by Crippen LogP contribution is -2.29. The maximum Gasteiger partial charge on any atom is 0.300 e. The summed E-state index contributed by atoms with van der Waals surface area (Å²) in [4.78, 5) is 28.2. The molecule has 1 unspecified atom stereocenters. The normalized spacial score (nSPS) is 16.6. The highest BCUT2D eigenvalue weighted by Crippen LogP contribution is 2.43. The van der Waals surface area contributed by atoms with Crippen LogP contribution in [0.1, 0.15) is 36.1 Å². The molecule has 0 aromatic heterocycles. The van der Waals surface area contributed by atoms with Gasteiger partial charge in [-0.2, -0.15) is 5.26 Å². The molecule has 0 bridgehead atoms. The maximum atomic E-state index is 13.5. The number of fused-ring (bicyclic) bond motifs is 1. The molecule has 182 valence electrons. The predicted octanol–water partition coefficient (Wildman–Crippen LogP) is 6.13. The lowest BCUT2D eigenvalue weighted by molar-refractivity contribution is -0.132. The average molecular weight is 489 g/mol. The van der Waals surface area contributed by atoms with Crippen LogP contribution in [0.3, 0.4) is 0 Å². The van der Waals surface area contributed by atoms with Gasteiger partial charge < -0.3 is 9.84 Å². The minimum Gasteiger partial charge on any atom is -0.507 e. The average Bonchev–Trinajstić information content (AvgIpc) is 3.21. The molecular weight excluding hydrogens is 464 g/mol. The third kappa shape index (κ3) is 4.32. The second-order valence-corrected chi connectivity index (χ2v) is 8.77. The van der Waals surface area contributed by atoms with E-state index in [0.29, 0.717) is 34.7 Å². The van der Waals surface area contributed by atoms with Crippen LogP contribution in [0, 0.1) is 11.3 Å². The number of ketones is 1. The summed E-state index contributed by atoms with van der Waals surface area (Å²) in [7, 11) is 0. The number of amides is 1. The zero-order valence-electron chi connectivity index (χ0n) is 20.2. The van der Waals surface area contributed by atoms with Crippen LogP contribution in [0.5, 0.6) is 5.75 Å². The van der Waals surface area contributed by atoms with E-state index in [1.165, 1.54) is 4.90 Å². The van der Waals surface area contributed by atoms with Gasteiger partial charge in [0.25, 0.3) is 11.7 Å². The molecule has 6 heteroatoms. The molecule has 0 spiro atoms. The molecule has 0 saturated carbocycles. The Morgan fingerprint density at radius 3 is 2.35 bits per heavy atom. The summed E-state index contributed by atoms with van der Waals surface area (Å²) in [6.45, 7) is 2.59. The zero-order valence-corrected chi connectivity index (χ0v) is 20.2. The fraction of sp³-hybridized carbons (Fsp3) is 0.129. The number of Topliss-reactive ketones (excluding diaryl/α,β-unsaturated/α-hetero) is 1. The van der Waals surface area contributed by atoms with Crippen molar-refractivity contribution in [2.24, 2.45) is 0 Å². The van der Waals surface area contributed by atoms with E-state index < -0.39 is 17.7 Å². The number of hydrogen-bond donors (Lipinski definition) is 1. The molecule has 1 heterocycles. The van der Waals surface area contributed by atoms with Crippen molar-refractivity contribution in [3.8, 4) is 11.8 Å². The molecule has 1 fully saturated rings. The molecule has 4 aromatic rings. The number of anilines is 1. The molecular formula is C31H24N2O4. The molecule has 5 rings (SSSR count). The smallest absolute Gasteiger partial charge is 0.300 e. The van der Waals surface area contributed by atoms with Crippen molar-refractivity contribution in [1.82, 2.24) is 0 Å². The molecule has 1 N–H and O–H groups in total. The first kappa shape index (κ1) is 23.8. The van der Waals surface area contributed by atoms with Gasteiger partial charge in [-0.3, -0.25) is 14.5 Å². The number of hydrogen-bond acceptors (Lipinski definition) is 5. The van der Waals surface area contributed by atoms with E-state index in [0.717, 1.165) is 17.2 Å². The Balaban J connectivity index is 1.70. The monoisotopic (exact) mass is 488 g/mol. The molecule has 4 aromatic carbocycles. The number of nitrogens with zero attached hydrogens (tertiary/aromatic N) is 2. The minimum atomic E-state index is -0.868. The van der Waals surface area contributed by atoms with Crippen LogP contribution in [0.15, 0.2) is 96.6 Å². The summed E-state index contributed by atoms with van der Waals surface area (Å²) in [5.41, 5.74) is 2.02. The van der Waals surface area contributed by atoms with Crippen molar-refractivity contribution in [3.63, 3.8) is 0 Å². The van der Waals surface area contributed by atoms with E-state index in [4.69, 9.17) is 4.74 Å². The highest BCUT2D eigenvalue weighted by molar-refractivity contribution is 6.51. The molecule has 1 aliphatic heterocycles. The van der Waals surface area contributed by atoms with Gasteiger partial charge in [0, 0.05) is 11.3 Å². The number of rotatable bonds is 6. The number of nitriles is 1. The molecule has 1 saturated heterocycles. The van der Waals surface area contributed by atoms with E-state index in [-0.39, 0.29) is 11.3 Å². The Morgan fingerprint density at radius 1 is 0.946 bits per heavy atom. The summed E-state index contributed by atoms with van der Waals surface area (Å²) in [5.74, 6) is -1.08. The first-order valence-electron chi connectivity index (χ1n) is 12.1. The summed E-state index contributed by atoms with van der Waals surface area (Å²) in [6.07, 6.45) is 0.867. The van der Waals surface area contributed by atoms with Crippen LogP contribution < -0.4 is 9.64 Å². The van der Waals surface area contributed by atoms with Gasteiger partial charge in [-0.1, -0.05) is 61.5 Å². The number of carbonyl (C=O) groups is 2. The Kier molecular flexibility index (Phi) is 6.44. The van der Waals surface area contributed by atoms with Crippen molar-refractivity contribution in [1.29, 1.82) is 5.26 Å². The zero-order chi connectivity index (χ0) is 25.9. The van der Waals surface area contributed by atoms with Gasteiger partial charge in [0.05, 0.1) is 29.9 Å². The van der Waals surface area contributed by atoms with Crippen LogP contribution >= 0.6 is 0 Å². The van der Waals surface area contributed by atoms with Crippen molar-refractivity contribution in [2.75, 3.05) is 11.5 Å². The topological polar surface area (TPSA) is 90.6 Å². The van der Waals surface area contributed by atoms with Crippen molar-refractivity contribution in [3.05, 3.63) is 113 Å². The van der Waals surface area contributed by atoms with E-state index in [1.54, 1.807) is 54.6 Å². The number of aliphatic hydroxyl groups excluding tert-OH is 1. The standard InChI is InChI=1S/C31H24N2O4/c1-2-18-37-24-16-12-22(13-17-24)28-27(29(34)26-9-5-7-21-6-3-4-8-25(21)26)30(35)31(36)33(28)23-14-10-20(19-32)11-15-23/h3-17,28,34H,2,18H2,1H3/b29-27-. The summed E-state index contributed by atoms with van der Waals surface area (Å²) < 4.78 is 5.70. The fourth-order valence-electron chi connectivity index (χ4n) is 4.65. The molecule has 1 amide bonds. The summed E-state index contributed by atoms with van der Waals surface area (Å²) in [6, 6.07) is 27.9. The van der Waals surface area contributed by atoms with Gasteiger partial charge in [0.15, 0.2) is 0 Å². The van der Waals surface area contributed by atoms with E-state index in [9.17, 15) is 20.0 Å².